The lowest BCUT2D eigenvalue weighted by molar-refractivity contribution is -0.121. The number of aliphatic hydroxyl groups excluding tert-OH is 1. The van der Waals surface area contributed by atoms with Crippen molar-refractivity contribution in [3.8, 4) is 29.3 Å². The molecule has 0 saturated heterocycles. The van der Waals surface area contributed by atoms with Crippen LogP contribution in [0.3, 0.4) is 0 Å². The third kappa shape index (κ3) is 8.57. The second-order valence-electron chi connectivity index (χ2n) is 15.0. The van der Waals surface area contributed by atoms with Crippen LogP contribution in [0.15, 0.2) is 90.7 Å². The van der Waals surface area contributed by atoms with Crippen LogP contribution in [0.2, 0.25) is 0 Å². The molecule has 0 saturated carbocycles. The molecule has 6 heteroatoms. The molecule has 2 aliphatic carbocycles. The molecule has 2 aliphatic heterocycles. The lowest BCUT2D eigenvalue weighted by atomic mass is 9.79. The monoisotopic (exact) mass is 710 g/mol. The average Bonchev–Trinajstić information content (AvgIpc) is 3.16. The van der Waals surface area contributed by atoms with E-state index in [2.05, 4.69) is 61.4 Å². The van der Waals surface area contributed by atoms with Gasteiger partial charge in [-0.15, -0.1) is 0 Å². The first-order valence-corrected chi connectivity index (χ1v) is 19.2. The van der Waals surface area contributed by atoms with Crippen molar-refractivity contribution in [1.82, 2.24) is 0 Å². The molecule has 0 radical (unpaired) electrons. The number of hydrogen-bond donors (Lipinski definition) is 2. The van der Waals surface area contributed by atoms with Gasteiger partial charge in [0.25, 0.3) is 0 Å². The van der Waals surface area contributed by atoms with Crippen LogP contribution >= 0.6 is 0 Å². The third-order valence-electron chi connectivity index (χ3n) is 11.4. The maximum Gasteiger partial charge on any atom is 0.161 e. The number of rotatable bonds is 8. The number of hydrogen-bond acceptors (Lipinski definition) is 6. The maximum atomic E-state index is 13.6. The minimum atomic E-state index is -0.451. The summed E-state index contributed by atoms with van der Waals surface area (Å²) in [5.74, 6) is 5.64. The van der Waals surface area contributed by atoms with Crippen molar-refractivity contribution in [2.45, 2.75) is 96.2 Å². The molecule has 6 bridgehead atoms. The Morgan fingerprint density at radius 3 is 2.66 bits per heavy atom. The van der Waals surface area contributed by atoms with Gasteiger partial charge in [-0.1, -0.05) is 73.9 Å². The zero-order chi connectivity index (χ0) is 36.7. The summed E-state index contributed by atoms with van der Waals surface area (Å²) in [6, 6.07) is 22.6. The number of methoxy groups -OCH3 is 1. The van der Waals surface area contributed by atoms with E-state index in [9.17, 15) is 15.0 Å². The van der Waals surface area contributed by atoms with Gasteiger partial charge in [-0.2, -0.15) is 0 Å². The zero-order valence-electron chi connectivity index (χ0n) is 30.9. The smallest absolute Gasteiger partial charge is 0.161 e. The molecule has 4 atom stereocenters. The normalized spacial score (nSPS) is 21.4. The first kappa shape index (κ1) is 36.2. The molecule has 2 heterocycles. The second-order valence-corrected chi connectivity index (χ2v) is 15.0. The highest BCUT2D eigenvalue weighted by Gasteiger charge is 2.28. The molecule has 6 nitrogen and oxygen atoms in total. The Morgan fingerprint density at radius 1 is 0.943 bits per heavy atom. The van der Waals surface area contributed by atoms with Crippen LogP contribution < -0.4 is 9.47 Å². The summed E-state index contributed by atoms with van der Waals surface area (Å²) in [6.07, 6.45) is 16.4. The number of phenolic OH excluding ortho intramolecular Hbond substituents is 1. The summed E-state index contributed by atoms with van der Waals surface area (Å²) in [4.78, 5) is 13.6. The van der Waals surface area contributed by atoms with Gasteiger partial charge < -0.3 is 24.4 Å². The van der Waals surface area contributed by atoms with Crippen LogP contribution in [0.5, 0.6) is 17.2 Å². The number of allylic oxidation sites excluding steroid dienone is 3. The van der Waals surface area contributed by atoms with Crippen LogP contribution in [0, 0.1) is 23.9 Å². The fourth-order valence-corrected chi connectivity index (χ4v) is 8.41. The van der Waals surface area contributed by atoms with Gasteiger partial charge in [0.05, 0.1) is 7.11 Å². The number of unbranched alkanes of at least 4 members (excludes halogenated alkanes) is 1. The Balaban J connectivity index is 1.16. The molecule has 2 N–H and O–H groups in total. The van der Waals surface area contributed by atoms with E-state index in [0.717, 1.165) is 66.2 Å². The predicted molar refractivity (Wildman–Crippen MR) is 209 cm³/mol. The lowest BCUT2D eigenvalue weighted by Crippen LogP contribution is -2.24. The topological polar surface area (TPSA) is 85.2 Å². The molecule has 53 heavy (non-hydrogen) atoms. The van der Waals surface area contributed by atoms with E-state index >= 15 is 0 Å². The summed E-state index contributed by atoms with van der Waals surface area (Å²) in [5.41, 5.74) is 6.66. The Hall–Kier alpha value is -5.15. The van der Waals surface area contributed by atoms with Crippen molar-refractivity contribution in [3.63, 3.8) is 0 Å². The maximum absolute atomic E-state index is 13.6. The number of carbonyl (C=O) groups is 1. The number of Topliss-reactive ketones (excluding diaryl/α,β-unsaturated/α-hetero) is 1. The lowest BCUT2D eigenvalue weighted by Gasteiger charge is -2.28. The molecule has 0 aromatic heterocycles. The fraction of sp³-hybridized carbons (Fsp3) is 0.383. The van der Waals surface area contributed by atoms with Gasteiger partial charge in [-0.05, 0) is 132 Å². The van der Waals surface area contributed by atoms with Crippen LogP contribution in [-0.2, 0) is 41.8 Å². The van der Waals surface area contributed by atoms with Crippen LogP contribution in [0.1, 0.15) is 91.2 Å². The number of aromatic hydroxyl groups is 1. The van der Waals surface area contributed by atoms with Gasteiger partial charge in [0.1, 0.15) is 36.1 Å². The summed E-state index contributed by atoms with van der Waals surface area (Å²) in [5, 5.41) is 24.0. The zero-order valence-corrected chi connectivity index (χ0v) is 30.9. The van der Waals surface area contributed by atoms with E-state index in [4.69, 9.17) is 14.2 Å². The molecule has 8 rings (SSSR count). The molecule has 4 aliphatic rings. The number of phenols is 1. The molecule has 4 aromatic rings. The molecule has 4 aromatic carbocycles. The second kappa shape index (κ2) is 16.7. The number of ketones is 1. The number of carbonyl (C=O) groups excluding carboxylic acids is 1. The van der Waals surface area contributed by atoms with Crippen molar-refractivity contribution in [2.75, 3.05) is 7.11 Å². The highest BCUT2D eigenvalue weighted by atomic mass is 16.5. The quantitative estimate of drug-likeness (QED) is 0.140. The van der Waals surface area contributed by atoms with E-state index in [1.807, 2.05) is 36.4 Å². The predicted octanol–water partition coefficient (Wildman–Crippen LogP) is 10.0. The summed E-state index contributed by atoms with van der Waals surface area (Å²) >= 11 is 0. The number of fused-ring (bicyclic) bond motifs is 9. The highest BCUT2D eigenvalue weighted by Crippen LogP contribution is 2.43. The van der Waals surface area contributed by atoms with E-state index in [1.54, 1.807) is 13.2 Å². The summed E-state index contributed by atoms with van der Waals surface area (Å²) < 4.78 is 18.4. The summed E-state index contributed by atoms with van der Waals surface area (Å²) in [6.45, 7) is 2.61. The van der Waals surface area contributed by atoms with Crippen LogP contribution in [0.4, 0.5) is 0 Å². The molecular weight excluding hydrogens is 661 g/mol. The number of aryl methyl sites for hydroxylation is 3. The van der Waals surface area contributed by atoms with E-state index in [0.29, 0.717) is 49.7 Å². The van der Waals surface area contributed by atoms with Gasteiger partial charge >= 0.3 is 0 Å². The average molecular weight is 711 g/mol. The third-order valence-corrected chi connectivity index (χ3v) is 11.4. The number of ether oxygens (including phenoxy) is 3. The molecule has 0 spiro atoms. The highest BCUT2D eigenvalue weighted by molar-refractivity contribution is 5.95. The Morgan fingerprint density at radius 2 is 1.81 bits per heavy atom. The Labute approximate surface area is 313 Å². The molecule has 0 fully saturated rings. The molecular formula is C47H50O6. The Bertz CT molecular complexity index is 2070. The standard InChI is InChI=1S/C47H50O6/c1-31-14-21-40-35-18-22-42-41(44(50)29-43(31)47(40)42)13-8-24-52-39(28-38(49)19-15-33-16-23-45(51-2)46(25-33)53-30-35)27-36-26-37(48)20-17-34(36)12-7-6-11-32-9-4-3-5-10-32/h3-5,9-10,16-18,20,22-23,25-26,29,31,34,36,39,48,50H,6-7,11-15,19,21,27-28,30H2,1-2H3/t31-,34-,36+,39+/m1/s1. The van der Waals surface area contributed by atoms with Gasteiger partial charge in [-0.25, -0.2) is 0 Å². The first-order chi connectivity index (χ1) is 25.9. The van der Waals surface area contributed by atoms with Gasteiger partial charge in [0, 0.05) is 24.8 Å². The van der Waals surface area contributed by atoms with Gasteiger partial charge in [-0.3, -0.25) is 4.79 Å². The van der Waals surface area contributed by atoms with E-state index in [-0.39, 0.29) is 35.5 Å². The minimum absolute atomic E-state index is 0.0138. The van der Waals surface area contributed by atoms with Crippen LogP contribution in [0.25, 0.3) is 10.8 Å². The van der Waals surface area contributed by atoms with Crippen molar-refractivity contribution >= 4 is 16.6 Å². The van der Waals surface area contributed by atoms with Crippen molar-refractivity contribution < 1.29 is 29.2 Å². The van der Waals surface area contributed by atoms with E-state index in [1.165, 1.54) is 16.5 Å². The Kier molecular flexibility index (Phi) is 11.4. The molecule has 0 amide bonds. The summed E-state index contributed by atoms with van der Waals surface area (Å²) in [7, 11) is 1.64. The largest absolute Gasteiger partial charge is 0.508 e. The molecule has 0 unspecified atom stereocenters. The van der Waals surface area contributed by atoms with Gasteiger partial charge in [0.15, 0.2) is 11.5 Å². The van der Waals surface area contributed by atoms with Crippen molar-refractivity contribution in [1.29, 1.82) is 0 Å². The minimum Gasteiger partial charge on any atom is -0.508 e. The van der Waals surface area contributed by atoms with Crippen molar-refractivity contribution in [2.24, 2.45) is 11.8 Å². The first-order valence-electron chi connectivity index (χ1n) is 19.2. The SMILES string of the molecule is COc1ccc2cc1OCc1ccc3c(c(O)cc4c3c1CC[C@H]4C)CC#CO[C@@H](C[C@@H]1C=C(O)C=C[C@H]1CCCCc1ccccc1)CC(=O)CC2. The number of benzene rings is 4. The number of aliphatic hydroxyl groups is 1. The van der Waals surface area contributed by atoms with Gasteiger partial charge in [0.2, 0.25) is 0 Å². The van der Waals surface area contributed by atoms with E-state index < -0.39 is 6.10 Å². The molecule has 274 valence electrons. The fourth-order valence-electron chi connectivity index (χ4n) is 8.41. The van der Waals surface area contributed by atoms with Crippen molar-refractivity contribution in [3.05, 3.63) is 124 Å². The van der Waals surface area contributed by atoms with Crippen LogP contribution in [-0.4, -0.2) is 29.2 Å².